The lowest BCUT2D eigenvalue weighted by molar-refractivity contribution is 0.103. The fourth-order valence-corrected chi connectivity index (χ4v) is 5.73. The molecule has 0 fully saturated rings. The van der Waals surface area contributed by atoms with Crippen LogP contribution in [-0.4, -0.2) is 62.4 Å². The molecule has 0 spiro atoms. The molecule has 0 amide bonds. The van der Waals surface area contributed by atoms with E-state index in [4.69, 9.17) is 9.47 Å². The van der Waals surface area contributed by atoms with Gasteiger partial charge in [0.15, 0.2) is 11.6 Å². The third-order valence-corrected chi connectivity index (χ3v) is 9.11. The molecule has 0 aliphatic heterocycles. The molecule has 290 valence electrons. The Kier molecular flexibility index (Phi) is 24.8. The summed E-state index contributed by atoms with van der Waals surface area (Å²) in [5, 5.41) is 7.06. The van der Waals surface area contributed by atoms with E-state index in [0.717, 1.165) is 113 Å². The van der Waals surface area contributed by atoms with E-state index in [1.165, 1.54) is 38.8 Å². The van der Waals surface area contributed by atoms with Crippen LogP contribution in [0.3, 0.4) is 0 Å². The van der Waals surface area contributed by atoms with Crippen molar-refractivity contribution >= 4 is 11.6 Å². The molecule has 0 heterocycles. The first-order valence-electron chi connectivity index (χ1n) is 20.6. The van der Waals surface area contributed by atoms with E-state index in [1.54, 1.807) is 12.2 Å². The number of hydrogen-bond acceptors (Lipinski definition) is 7. The number of allylic oxidation sites excluding steroid dienone is 4. The molecule has 7 nitrogen and oxygen atoms in total. The first-order chi connectivity index (χ1) is 25.4. The average Bonchev–Trinajstić information content (AvgIpc) is 3.16. The number of nitrogens with one attached hydrogen (secondary N) is 2. The second-order valence-corrected chi connectivity index (χ2v) is 13.8. The molecule has 2 rings (SSSR count). The van der Waals surface area contributed by atoms with Crippen molar-refractivity contribution in [2.24, 2.45) is 0 Å². The van der Waals surface area contributed by atoms with Crippen molar-refractivity contribution < 1.29 is 19.1 Å². The Morgan fingerprint density at radius 2 is 0.904 bits per heavy atom. The van der Waals surface area contributed by atoms with Gasteiger partial charge in [-0.1, -0.05) is 66.7 Å². The molecule has 0 aliphatic rings. The van der Waals surface area contributed by atoms with Crippen molar-refractivity contribution in [2.75, 3.05) is 45.9 Å². The number of hydrogen-bond donors (Lipinski definition) is 2. The number of ketones is 2. The molecule has 0 bridgehead atoms. The Balaban J connectivity index is 1.82. The Labute approximate surface area is 317 Å². The largest absolute Gasteiger partial charge is 0.494 e. The quantitative estimate of drug-likeness (QED) is 0.0443. The van der Waals surface area contributed by atoms with Crippen LogP contribution in [0, 0.1) is 0 Å². The number of ether oxygens (including phenoxy) is 2. The van der Waals surface area contributed by atoms with Crippen LogP contribution < -0.4 is 20.1 Å². The smallest absolute Gasteiger partial charge is 0.187 e. The normalized spacial score (nSPS) is 11.9. The molecule has 0 aliphatic carbocycles. The monoisotopic (exact) mass is 718 g/mol. The molecule has 7 heteroatoms. The number of rotatable bonds is 32. The van der Waals surface area contributed by atoms with E-state index < -0.39 is 0 Å². The summed E-state index contributed by atoms with van der Waals surface area (Å²) in [5.41, 5.74) is 3.33. The SMILES string of the molecule is CCCCOc1ccc(C(=O)/C=C(\CCCC)NCCCCN/C(=C/C(=O)c2ccc(OCCCN(CCCC)CCCC)cc2)CCCC)cc1. The maximum Gasteiger partial charge on any atom is 0.187 e. The van der Waals surface area contributed by atoms with Gasteiger partial charge in [-0.15, -0.1) is 0 Å². The lowest BCUT2D eigenvalue weighted by Gasteiger charge is -2.21. The zero-order valence-corrected chi connectivity index (χ0v) is 33.4. The van der Waals surface area contributed by atoms with Crippen LogP contribution in [0.4, 0.5) is 0 Å². The van der Waals surface area contributed by atoms with E-state index in [0.29, 0.717) is 24.3 Å². The summed E-state index contributed by atoms with van der Waals surface area (Å²) in [6.45, 7) is 17.3. The molecule has 52 heavy (non-hydrogen) atoms. The van der Waals surface area contributed by atoms with E-state index in [9.17, 15) is 9.59 Å². The summed E-state index contributed by atoms with van der Waals surface area (Å²) < 4.78 is 11.8. The maximum atomic E-state index is 13.2. The minimum Gasteiger partial charge on any atom is -0.494 e. The number of carbonyl (C=O) groups excluding carboxylic acids is 2. The third kappa shape index (κ3) is 19.9. The topological polar surface area (TPSA) is 79.9 Å². The highest BCUT2D eigenvalue weighted by Gasteiger charge is 2.09. The Bertz CT molecular complexity index is 1280. The van der Waals surface area contributed by atoms with Gasteiger partial charge in [-0.2, -0.15) is 0 Å². The lowest BCUT2D eigenvalue weighted by Crippen LogP contribution is -2.28. The third-order valence-electron chi connectivity index (χ3n) is 9.11. The van der Waals surface area contributed by atoms with Gasteiger partial charge in [-0.05, 0) is 126 Å². The van der Waals surface area contributed by atoms with Gasteiger partial charge in [-0.25, -0.2) is 0 Å². The Hall–Kier alpha value is -3.58. The molecule has 2 aromatic rings. The fourth-order valence-electron chi connectivity index (χ4n) is 5.73. The van der Waals surface area contributed by atoms with Gasteiger partial charge in [-0.3, -0.25) is 9.59 Å². The summed E-state index contributed by atoms with van der Waals surface area (Å²) >= 11 is 0. The minimum atomic E-state index is 0.0142. The van der Waals surface area contributed by atoms with Crippen LogP contribution in [0.1, 0.15) is 152 Å². The summed E-state index contributed by atoms with van der Waals surface area (Å²) in [6, 6.07) is 15.0. The first-order valence-corrected chi connectivity index (χ1v) is 20.6. The second kappa shape index (κ2) is 28.9. The highest BCUT2D eigenvalue weighted by molar-refractivity contribution is 6.05. The van der Waals surface area contributed by atoms with Crippen molar-refractivity contribution in [3.05, 3.63) is 83.2 Å². The van der Waals surface area contributed by atoms with Gasteiger partial charge in [0, 0.05) is 54.3 Å². The Morgan fingerprint density at radius 3 is 1.31 bits per heavy atom. The number of unbranched alkanes of at least 4 members (excludes halogenated alkanes) is 6. The van der Waals surface area contributed by atoms with Gasteiger partial charge in [0.25, 0.3) is 0 Å². The summed E-state index contributed by atoms with van der Waals surface area (Å²) in [4.78, 5) is 28.8. The molecular formula is C45H71N3O4. The lowest BCUT2D eigenvalue weighted by atomic mass is 10.1. The average molecular weight is 718 g/mol. The minimum absolute atomic E-state index is 0.0142. The van der Waals surface area contributed by atoms with E-state index in [2.05, 4.69) is 50.2 Å². The molecule has 0 saturated heterocycles. The molecule has 2 N–H and O–H groups in total. The standard InChI is InChI=1S/C45H71N3O4/c1-6-11-19-40(36-44(49)38-21-25-42(26-22-38)51-34-15-10-5)46-29-16-17-30-47-41(20-12-7-2)37-45(50)39-23-27-43(28-24-39)52-35-18-33-48(31-13-8-3)32-14-9-4/h21-28,36-37,46-47H,6-20,29-35H2,1-5H3/b40-36+,41-37+. The predicted molar refractivity (Wildman–Crippen MR) is 219 cm³/mol. The van der Waals surface area contributed by atoms with Gasteiger partial charge in [0.05, 0.1) is 13.2 Å². The van der Waals surface area contributed by atoms with Gasteiger partial charge in [0.2, 0.25) is 0 Å². The molecule has 0 radical (unpaired) electrons. The van der Waals surface area contributed by atoms with Crippen LogP contribution in [0.5, 0.6) is 11.5 Å². The zero-order valence-electron chi connectivity index (χ0n) is 33.4. The molecule has 2 aromatic carbocycles. The molecular weight excluding hydrogens is 647 g/mol. The van der Waals surface area contributed by atoms with Crippen LogP contribution >= 0.6 is 0 Å². The zero-order chi connectivity index (χ0) is 37.7. The van der Waals surface area contributed by atoms with Crippen molar-refractivity contribution in [1.29, 1.82) is 0 Å². The first kappa shape index (κ1) is 44.6. The summed E-state index contributed by atoms with van der Waals surface area (Å²) in [6.07, 6.45) is 19.4. The van der Waals surface area contributed by atoms with Crippen LogP contribution in [0.25, 0.3) is 0 Å². The van der Waals surface area contributed by atoms with Crippen molar-refractivity contribution in [3.8, 4) is 11.5 Å². The number of benzene rings is 2. The van der Waals surface area contributed by atoms with Crippen molar-refractivity contribution in [3.63, 3.8) is 0 Å². The number of nitrogens with zero attached hydrogens (tertiary/aromatic N) is 1. The predicted octanol–water partition coefficient (Wildman–Crippen LogP) is 10.7. The van der Waals surface area contributed by atoms with Crippen LogP contribution in [0.15, 0.2) is 72.1 Å². The van der Waals surface area contributed by atoms with Crippen molar-refractivity contribution in [1.82, 2.24) is 15.5 Å². The summed E-state index contributed by atoms with van der Waals surface area (Å²) in [7, 11) is 0. The van der Waals surface area contributed by atoms with Crippen LogP contribution in [0.2, 0.25) is 0 Å². The Morgan fingerprint density at radius 1 is 0.519 bits per heavy atom. The van der Waals surface area contributed by atoms with E-state index in [-0.39, 0.29) is 11.6 Å². The van der Waals surface area contributed by atoms with Crippen molar-refractivity contribution in [2.45, 2.75) is 131 Å². The number of carbonyl (C=O) groups is 2. The van der Waals surface area contributed by atoms with E-state index in [1.807, 2.05) is 48.5 Å². The fraction of sp³-hybridized carbons (Fsp3) is 0.600. The molecule has 0 atom stereocenters. The van der Waals surface area contributed by atoms with Gasteiger partial charge >= 0.3 is 0 Å². The maximum absolute atomic E-state index is 13.2. The molecule has 0 aromatic heterocycles. The van der Waals surface area contributed by atoms with Gasteiger partial charge < -0.3 is 25.0 Å². The highest BCUT2D eigenvalue weighted by Crippen LogP contribution is 2.17. The molecule has 0 saturated carbocycles. The second-order valence-electron chi connectivity index (χ2n) is 13.8. The van der Waals surface area contributed by atoms with Crippen LogP contribution in [-0.2, 0) is 0 Å². The summed E-state index contributed by atoms with van der Waals surface area (Å²) in [5.74, 6) is 1.64. The van der Waals surface area contributed by atoms with Gasteiger partial charge in [0.1, 0.15) is 11.5 Å². The van der Waals surface area contributed by atoms with E-state index >= 15 is 0 Å². The highest BCUT2D eigenvalue weighted by atomic mass is 16.5. The molecule has 0 unspecified atom stereocenters.